The topological polar surface area (TPSA) is 77.2 Å². The predicted molar refractivity (Wildman–Crippen MR) is 91.1 cm³/mol. The second kappa shape index (κ2) is 6.17. The van der Waals surface area contributed by atoms with Crippen LogP contribution in [0.15, 0.2) is 61.4 Å². The average Bonchev–Trinajstić information content (AvgIpc) is 3.26. The molecule has 0 atom stereocenters. The van der Waals surface area contributed by atoms with Crippen LogP contribution >= 0.6 is 12.2 Å². The molecule has 3 heterocycles. The lowest BCUT2D eigenvalue weighted by atomic mass is 10.2. The zero-order valence-corrected chi connectivity index (χ0v) is 13.4. The number of hydrogen-bond acceptors (Lipinski definition) is 5. The number of benzene rings is 1. The molecule has 0 aliphatic heterocycles. The van der Waals surface area contributed by atoms with Crippen LogP contribution in [-0.2, 0) is 6.54 Å². The van der Waals surface area contributed by atoms with Crippen molar-refractivity contribution >= 4 is 12.2 Å². The van der Waals surface area contributed by atoms with Crippen molar-refractivity contribution in [1.82, 2.24) is 34.5 Å². The van der Waals surface area contributed by atoms with Crippen LogP contribution < -0.4 is 0 Å². The van der Waals surface area contributed by atoms with E-state index in [1.807, 2.05) is 41.0 Å². The summed E-state index contributed by atoms with van der Waals surface area (Å²) in [5.74, 6) is 0.756. The van der Waals surface area contributed by atoms with Crippen LogP contribution in [0.3, 0.4) is 0 Å². The molecule has 0 aliphatic rings. The van der Waals surface area contributed by atoms with Crippen molar-refractivity contribution < 1.29 is 0 Å². The first-order valence-electron chi connectivity index (χ1n) is 7.31. The Balaban J connectivity index is 1.69. The van der Waals surface area contributed by atoms with E-state index in [1.54, 1.807) is 23.4 Å². The normalized spacial score (nSPS) is 10.8. The van der Waals surface area contributed by atoms with Crippen molar-refractivity contribution in [3.63, 3.8) is 0 Å². The summed E-state index contributed by atoms with van der Waals surface area (Å²) in [6, 6.07) is 11.9. The van der Waals surface area contributed by atoms with E-state index in [1.165, 1.54) is 6.33 Å². The number of nitrogens with one attached hydrogen (secondary N) is 1. The van der Waals surface area contributed by atoms with Crippen molar-refractivity contribution in [2.45, 2.75) is 6.54 Å². The van der Waals surface area contributed by atoms with Gasteiger partial charge >= 0.3 is 0 Å². The van der Waals surface area contributed by atoms with E-state index >= 15 is 0 Å². The van der Waals surface area contributed by atoms with Crippen LogP contribution in [0.2, 0.25) is 0 Å². The van der Waals surface area contributed by atoms with Gasteiger partial charge in [-0.05, 0) is 42.0 Å². The Morgan fingerprint density at radius 1 is 1.00 bits per heavy atom. The van der Waals surface area contributed by atoms with E-state index < -0.39 is 0 Å². The van der Waals surface area contributed by atoms with Gasteiger partial charge in [0.15, 0.2) is 10.6 Å². The van der Waals surface area contributed by atoms with E-state index in [-0.39, 0.29) is 0 Å². The van der Waals surface area contributed by atoms with Gasteiger partial charge < -0.3 is 0 Å². The Hall–Kier alpha value is -3.13. The highest BCUT2D eigenvalue weighted by Crippen LogP contribution is 2.21. The molecule has 0 radical (unpaired) electrons. The minimum Gasteiger partial charge on any atom is -0.268 e. The molecule has 24 heavy (non-hydrogen) atoms. The Morgan fingerprint density at radius 3 is 2.50 bits per heavy atom. The number of pyridine rings is 1. The van der Waals surface area contributed by atoms with Crippen molar-refractivity contribution in [2.24, 2.45) is 0 Å². The van der Waals surface area contributed by atoms with E-state index in [0.29, 0.717) is 11.3 Å². The Bertz CT molecular complexity index is 985. The van der Waals surface area contributed by atoms with Crippen LogP contribution in [0, 0.1) is 4.77 Å². The largest absolute Gasteiger partial charge is 0.268 e. The predicted octanol–water partition coefficient (Wildman–Crippen LogP) is 2.63. The van der Waals surface area contributed by atoms with E-state index in [2.05, 4.69) is 25.3 Å². The van der Waals surface area contributed by atoms with Crippen LogP contribution in [0.5, 0.6) is 0 Å². The molecule has 8 heteroatoms. The molecular formula is C16H13N7S. The van der Waals surface area contributed by atoms with Gasteiger partial charge in [-0.25, -0.2) is 9.67 Å². The second-order valence-electron chi connectivity index (χ2n) is 5.18. The minimum atomic E-state index is 0.547. The second-order valence-corrected chi connectivity index (χ2v) is 5.57. The molecule has 0 amide bonds. The number of H-pyrrole nitrogens is 1. The van der Waals surface area contributed by atoms with Crippen LogP contribution in [0.4, 0.5) is 0 Å². The van der Waals surface area contributed by atoms with Gasteiger partial charge in [0.1, 0.15) is 12.7 Å². The summed E-state index contributed by atoms with van der Waals surface area (Å²) in [7, 11) is 0. The third kappa shape index (κ3) is 2.74. The van der Waals surface area contributed by atoms with Gasteiger partial charge in [-0.3, -0.25) is 14.6 Å². The van der Waals surface area contributed by atoms with E-state index in [9.17, 15) is 0 Å². The fourth-order valence-electron chi connectivity index (χ4n) is 2.48. The average molecular weight is 335 g/mol. The highest BCUT2D eigenvalue weighted by atomic mass is 32.1. The maximum Gasteiger partial charge on any atom is 0.200 e. The highest BCUT2D eigenvalue weighted by Gasteiger charge is 2.10. The molecule has 1 aromatic carbocycles. The lowest BCUT2D eigenvalue weighted by molar-refractivity contribution is 0.685. The van der Waals surface area contributed by atoms with Crippen LogP contribution in [-0.4, -0.2) is 34.5 Å². The zero-order chi connectivity index (χ0) is 16.4. The summed E-state index contributed by atoms with van der Waals surface area (Å²) < 4.78 is 4.23. The van der Waals surface area contributed by atoms with Gasteiger partial charge in [0.2, 0.25) is 0 Å². The Morgan fingerprint density at radius 2 is 1.79 bits per heavy atom. The summed E-state index contributed by atoms with van der Waals surface area (Å²) in [6.45, 7) is 0.675. The maximum atomic E-state index is 5.39. The van der Waals surface area contributed by atoms with Crippen LogP contribution in [0.1, 0.15) is 5.56 Å². The minimum absolute atomic E-state index is 0.547. The van der Waals surface area contributed by atoms with Crippen molar-refractivity contribution in [3.05, 3.63) is 71.8 Å². The van der Waals surface area contributed by atoms with Gasteiger partial charge in [-0.15, -0.1) is 0 Å². The molecule has 0 bridgehead atoms. The number of hydrogen-bond donors (Lipinski definition) is 1. The first kappa shape index (κ1) is 14.5. The number of rotatable bonds is 4. The van der Waals surface area contributed by atoms with Crippen molar-refractivity contribution in [3.8, 4) is 17.1 Å². The molecule has 1 N–H and O–H groups in total. The smallest absolute Gasteiger partial charge is 0.200 e. The molecule has 4 aromatic rings. The molecular weight excluding hydrogens is 322 g/mol. The summed E-state index contributed by atoms with van der Waals surface area (Å²) >= 11 is 5.39. The molecule has 3 aromatic heterocycles. The zero-order valence-electron chi connectivity index (χ0n) is 12.6. The molecule has 118 valence electrons. The fourth-order valence-corrected chi connectivity index (χ4v) is 2.72. The SMILES string of the molecule is S=c1[nH]nc(-c2ccncc2)n1-c1ccc(Cn2cncn2)cc1. The molecule has 4 rings (SSSR count). The molecule has 0 fully saturated rings. The van der Waals surface area contributed by atoms with E-state index in [0.717, 1.165) is 22.6 Å². The summed E-state index contributed by atoms with van der Waals surface area (Å²) in [4.78, 5) is 7.99. The van der Waals surface area contributed by atoms with Gasteiger partial charge in [0.25, 0.3) is 0 Å². The first-order valence-corrected chi connectivity index (χ1v) is 7.71. The van der Waals surface area contributed by atoms with Gasteiger partial charge in [-0.1, -0.05) is 12.1 Å². The molecule has 7 nitrogen and oxygen atoms in total. The number of nitrogens with zero attached hydrogens (tertiary/aromatic N) is 6. The lowest BCUT2D eigenvalue weighted by Gasteiger charge is -2.08. The molecule has 0 saturated carbocycles. The first-order chi connectivity index (χ1) is 11.8. The Labute approximate surface area is 142 Å². The standard InChI is InChI=1S/C16H13N7S/c24-16-21-20-15(13-5-7-17-8-6-13)23(16)14-3-1-12(2-4-14)9-22-11-18-10-19-22/h1-8,10-11H,9H2,(H,21,24). The lowest BCUT2D eigenvalue weighted by Crippen LogP contribution is -2.01. The third-order valence-corrected chi connectivity index (χ3v) is 3.89. The highest BCUT2D eigenvalue weighted by molar-refractivity contribution is 7.71. The monoisotopic (exact) mass is 335 g/mol. The number of aromatic nitrogens is 7. The molecule has 0 spiro atoms. The van der Waals surface area contributed by atoms with Gasteiger partial charge in [-0.2, -0.15) is 10.2 Å². The summed E-state index contributed by atoms with van der Waals surface area (Å²) in [5.41, 5.74) is 3.02. The fraction of sp³-hybridized carbons (Fsp3) is 0.0625. The molecule has 0 aliphatic carbocycles. The number of aromatic amines is 1. The maximum absolute atomic E-state index is 5.39. The van der Waals surface area contributed by atoms with Gasteiger partial charge in [0.05, 0.1) is 6.54 Å². The quantitative estimate of drug-likeness (QED) is 0.580. The van der Waals surface area contributed by atoms with E-state index in [4.69, 9.17) is 12.2 Å². The van der Waals surface area contributed by atoms with Gasteiger partial charge in [0, 0.05) is 23.6 Å². The molecule has 0 unspecified atom stereocenters. The summed E-state index contributed by atoms with van der Waals surface area (Å²) in [5, 5.41) is 11.3. The Kier molecular flexibility index (Phi) is 3.72. The van der Waals surface area contributed by atoms with Crippen molar-refractivity contribution in [2.75, 3.05) is 0 Å². The molecule has 0 saturated heterocycles. The van der Waals surface area contributed by atoms with Crippen LogP contribution in [0.25, 0.3) is 17.1 Å². The summed E-state index contributed by atoms with van der Waals surface area (Å²) in [6.07, 6.45) is 6.69. The third-order valence-electron chi connectivity index (χ3n) is 3.62. The van der Waals surface area contributed by atoms with Crippen molar-refractivity contribution in [1.29, 1.82) is 0 Å².